The van der Waals surface area contributed by atoms with Crippen molar-refractivity contribution in [3.05, 3.63) is 0 Å². The second-order valence-electron chi connectivity index (χ2n) is 0. The topological polar surface area (TPSA) is 126 Å². The van der Waals surface area contributed by atoms with E-state index in [9.17, 15) is 0 Å². The van der Waals surface area contributed by atoms with Crippen molar-refractivity contribution < 1.29 is 77.1 Å². The van der Waals surface area contributed by atoms with E-state index in [1.165, 1.54) is 0 Å². The number of rotatable bonds is 0. The molecule has 7 heteroatoms. The summed E-state index contributed by atoms with van der Waals surface area (Å²) in [6, 6.07) is 0. The van der Waals surface area contributed by atoms with Crippen molar-refractivity contribution in [3.63, 3.8) is 0 Å². The molecule has 0 unspecified atom stereocenters. The van der Waals surface area contributed by atoms with Crippen molar-refractivity contribution in [2.24, 2.45) is 0 Å². The molecule has 0 spiro atoms. The Kier molecular flexibility index (Phi) is 3790. The second-order valence-corrected chi connectivity index (χ2v) is 0. The molecule has 0 aliphatic rings. The van der Waals surface area contributed by atoms with Crippen LogP contribution in [0.4, 0.5) is 0 Å². The Balaban J connectivity index is 0. The molecule has 0 amide bonds. The number of hydrogen-bond acceptors (Lipinski definition) is 0. The quantitative estimate of drug-likeness (QED) is 0.398. The maximum atomic E-state index is 0. The summed E-state index contributed by atoms with van der Waals surface area (Å²) in [4.78, 5) is 0. The molecule has 54 valence electrons. The van der Waals surface area contributed by atoms with E-state index < -0.39 is 0 Å². The van der Waals surface area contributed by atoms with E-state index in [1.54, 1.807) is 0 Å². The zero-order valence-electron chi connectivity index (χ0n) is 3.12. The van der Waals surface area contributed by atoms with E-state index in [2.05, 4.69) is 0 Å². The SMILES string of the molecule is O.O.O.O.[Fe].[Fe].[W]. The van der Waals surface area contributed by atoms with Gasteiger partial charge in [-0.1, -0.05) is 0 Å². The summed E-state index contributed by atoms with van der Waals surface area (Å²) in [5.41, 5.74) is 0. The fourth-order valence-electron chi connectivity index (χ4n) is 0. The van der Waals surface area contributed by atoms with Gasteiger partial charge in [0.05, 0.1) is 0 Å². The monoisotopic (exact) mass is 368 g/mol. The molecule has 0 atom stereocenters. The standard InChI is InChI=1S/2Fe.4H2O.W/h;;4*1H2;. The summed E-state index contributed by atoms with van der Waals surface area (Å²) in [6.45, 7) is 0. The molecular formula is H8Fe2O4W. The van der Waals surface area contributed by atoms with Gasteiger partial charge in [0, 0.05) is 55.2 Å². The van der Waals surface area contributed by atoms with Gasteiger partial charge in [0.25, 0.3) is 0 Å². The summed E-state index contributed by atoms with van der Waals surface area (Å²) in [5, 5.41) is 0. The van der Waals surface area contributed by atoms with Crippen molar-refractivity contribution in [2.45, 2.75) is 0 Å². The van der Waals surface area contributed by atoms with Crippen LogP contribution in [0.3, 0.4) is 0 Å². The minimum atomic E-state index is 0. The van der Waals surface area contributed by atoms with Crippen molar-refractivity contribution in [2.75, 3.05) is 0 Å². The van der Waals surface area contributed by atoms with Gasteiger partial charge in [0.1, 0.15) is 0 Å². The molecule has 4 nitrogen and oxygen atoms in total. The van der Waals surface area contributed by atoms with Crippen LogP contribution < -0.4 is 0 Å². The van der Waals surface area contributed by atoms with Crippen LogP contribution in [0.5, 0.6) is 0 Å². The summed E-state index contributed by atoms with van der Waals surface area (Å²) in [6.07, 6.45) is 0. The van der Waals surface area contributed by atoms with Crippen LogP contribution in [-0.4, -0.2) is 21.9 Å². The maximum absolute atomic E-state index is 0. The molecule has 0 saturated carbocycles. The smallest absolute Gasteiger partial charge is 0 e. The van der Waals surface area contributed by atoms with Gasteiger partial charge >= 0.3 is 0 Å². The van der Waals surface area contributed by atoms with E-state index in [-0.39, 0.29) is 77.1 Å². The first-order chi connectivity index (χ1) is 0. The second kappa shape index (κ2) is 133. The van der Waals surface area contributed by atoms with Crippen LogP contribution in [-0.2, 0) is 55.2 Å². The normalized spacial score (nSPS) is 0. The average Bonchev–Trinajstić information content (AvgIpc) is 0. The van der Waals surface area contributed by atoms with Gasteiger partial charge in [0.2, 0.25) is 0 Å². The van der Waals surface area contributed by atoms with Crippen molar-refractivity contribution in [1.29, 1.82) is 0 Å². The molecule has 8 N–H and O–H groups in total. The predicted octanol–water partition coefficient (Wildman–Crippen LogP) is -3.31. The molecule has 0 rings (SSSR count). The third kappa shape index (κ3) is 95.5. The predicted molar refractivity (Wildman–Crippen MR) is 14.5 cm³/mol. The fourth-order valence-corrected chi connectivity index (χ4v) is 0. The summed E-state index contributed by atoms with van der Waals surface area (Å²) >= 11 is 0. The Bertz CT molecular complexity index is 9.65. The Morgan fingerprint density at radius 2 is 0.429 bits per heavy atom. The largest absolute Gasteiger partial charge is 0.412 e. The Morgan fingerprint density at radius 1 is 0.429 bits per heavy atom. The van der Waals surface area contributed by atoms with Crippen LogP contribution in [0, 0.1) is 0 Å². The van der Waals surface area contributed by atoms with Gasteiger partial charge in [-0.2, -0.15) is 0 Å². The first-order valence-corrected chi connectivity index (χ1v) is 0. The molecule has 0 radical (unpaired) electrons. The van der Waals surface area contributed by atoms with Crippen molar-refractivity contribution in [1.82, 2.24) is 0 Å². The van der Waals surface area contributed by atoms with Gasteiger partial charge in [-0.3, -0.25) is 0 Å². The van der Waals surface area contributed by atoms with E-state index in [1.807, 2.05) is 0 Å². The van der Waals surface area contributed by atoms with Gasteiger partial charge in [-0.25, -0.2) is 0 Å². The molecule has 0 aromatic heterocycles. The molecule has 0 aliphatic heterocycles. The van der Waals surface area contributed by atoms with Gasteiger partial charge < -0.3 is 21.9 Å². The van der Waals surface area contributed by atoms with Crippen LogP contribution in [0.1, 0.15) is 0 Å². The van der Waals surface area contributed by atoms with Crippen LogP contribution in [0.25, 0.3) is 0 Å². The van der Waals surface area contributed by atoms with Gasteiger partial charge in [-0.05, 0) is 0 Å². The fraction of sp³-hybridized carbons (Fsp3) is 0. The molecule has 0 fully saturated rings. The summed E-state index contributed by atoms with van der Waals surface area (Å²) < 4.78 is 0. The van der Waals surface area contributed by atoms with Gasteiger partial charge in [-0.15, -0.1) is 0 Å². The minimum Gasteiger partial charge on any atom is -0.412 e. The van der Waals surface area contributed by atoms with E-state index in [4.69, 9.17) is 0 Å². The first kappa shape index (κ1) is 200. The molecule has 7 heavy (non-hydrogen) atoms. The molecular weight excluding hydrogens is 360 g/mol. The van der Waals surface area contributed by atoms with Crippen LogP contribution in [0.2, 0.25) is 0 Å². The minimum absolute atomic E-state index is 0. The van der Waals surface area contributed by atoms with Gasteiger partial charge in [0.15, 0.2) is 0 Å². The van der Waals surface area contributed by atoms with Crippen molar-refractivity contribution >= 4 is 0 Å². The zero-order valence-corrected chi connectivity index (χ0v) is 8.26. The van der Waals surface area contributed by atoms with Crippen LogP contribution >= 0.6 is 0 Å². The third-order valence-corrected chi connectivity index (χ3v) is 0. The molecule has 0 aliphatic carbocycles. The third-order valence-electron chi connectivity index (χ3n) is 0. The average molecular weight is 368 g/mol. The van der Waals surface area contributed by atoms with E-state index in [0.29, 0.717) is 0 Å². The zero-order chi connectivity index (χ0) is 0. The summed E-state index contributed by atoms with van der Waals surface area (Å²) in [5.74, 6) is 0. The molecule has 0 aromatic carbocycles. The maximum Gasteiger partial charge on any atom is 0 e. The molecule has 0 saturated heterocycles. The van der Waals surface area contributed by atoms with E-state index in [0.717, 1.165) is 0 Å². The Labute approximate surface area is 76.9 Å². The number of hydrogen-bond donors (Lipinski definition) is 0. The first-order valence-electron chi connectivity index (χ1n) is 0. The van der Waals surface area contributed by atoms with E-state index >= 15 is 0 Å². The molecule has 0 bridgehead atoms. The van der Waals surface area contributed by atoms with Crippen molar-refractivity contribution in [3.8, 4) is 0 Å². The summed E-state index contributed by atoms with van der Waals surface area (Å²) in [7, 11) is 0. The Hall–Kier alpha value is 1.57. The molecule has 0 heterocycles. The van der Waals surface area contributed by atoms with Crippen LogP contribution in [0.15, 0.2) is 0 Å². The Morgan fingerprint density at radius 3 is 0.429 bits per heavy atom. The molecule has 0 aromatic rings.